The Morgan fingerprint density at radius 2 is 1.54 bits per heavy atom. The van der Waals surface area contributed by atoms with Crippen LogP contribution in [0, 0.1) is 0 Å². The fraction of sp³-hybridized carbons (Fsp3) is 0.333. The molecule has 2 aromatic rings. The van der Waals surface area contributed by atoms with Crippen molar-refractivity contribution in [2.24, 2.45) is 0 Å². The van der Waals surface area contributed by atoms with Gasteiger partial charge in [0.15, 0.2) is 11.5 Å². The summed E-state index contributed by atoms with van der Waals surface area (Å²) >= 11 is 3.49. The van der Waals surface area contributed by atoms with Crippen LogP contribution in [0.15, 0.2) is 46.9 Å². The van der Waals surface area contributed by atoms with E-state index in [-0.39, 0.29) is 18.2 Å². The first-order valence-electron chi connectivity index (χ1n) is 9.23. The summed E-state index contributed by atoms with van der Waals surface area (Å²) in [6.07, 6.45) is 0.194. The zero-order valence-electron chi connectivity index (χ0n) is 16.1. The van der Waals surface area contributed by atoms with Crippen LogP contribution >= 0.6 is 15.9 Å². The van der Waals surface area contributed by atoms with Crippen molar-refractivity contribution in [3.8, 4) is 11.5 Å². The van der Waals surface area contributed by atoms with Gasteiger partial charge in [0.1, 0.15) is 0 Å². The van der Waals surface area contributed by atoms with Gasteiger partial charge in [-0.25, -0.2) is 0 Å². The van der Waals surface area contributed by atoms with Gasteiger partial charge in [-0.15, -0.1) is 0 Å². The Kier molecular flexibility index (Phi) is 8.81. The zero-order valence-corrected chi connectivity index (χ0v) is 17.7. The van der Waals surface area contributed by atoms with Gasteiger partial charge in [0.05, 0.1) is 19.6 Å². The first-order chi connectivity index (χ1) is 13.5. The molecule has 0 atom stereocenters. The number of hydrogen-bond donors (Lipinski definition) is 2. The monoisotopic (exact) mass is 448 g/mol. The second-order valence-corrected chi connectivity index (χ2v) is 6.76. The van der Waals surface area contributed by atoms with Crippen molar-refractivity contribution in [1.29, 1.82) is 0 Å². The highest BCUT2D eigenvalue weighted by atomic mass is 79.9. The number of ether oxygens (including phenoxy) is 2. The Bertz CT molecular complexity index is 796. The van der Waals surface area contributed by atoms with E-state index in [0.29, 0.717) is 43.4 Å². The van der Waals surface area contributed by atoms with Crippen LogP contribution in [-0.2, 0) is 11.2 Å². The molecule has 6 nitrogen and oxygen atoms in total. The first kappa shape index (κ1) is 21.8. The lowest BCUT2D eigenvalue weighted by Gasteiger charge is -2.14. The van der Waals surface area contributed by atoms with Gasteiger partial charge in [-0.05, 0) is 43.7 Å². The minimum absolute atomic E-state index is 0.138. The summed E-state index contributed by atoms with van der Waals surface area (Å²) in [4.78, 5) is 24.2. The molecule has 0 saturated carbocycles. The number of carbonyl (C=O) groups excluding carboxylic acids is 2. The molecule has 0 aliphatic carbocycles. The van der Waals surface area contributed by atoms with Gasteiger partial charge in [-0.2, -0.15) is 0 Å². The van der Waals surface area contributed by atoms with Gasteiger partial charge in [0.2, 0.25) is 5.91 Å². The molecular weight excluding hydrogens is 424 g/mol. The SMILES string of the molecule is CCOc1cc(Br)c(CC(=O)NCCNC(=O)c2ccccc2)cc1OCC. The molecule has 0 fully saturated rings. The number of amides is 2. The van der Waals surface area contributed by atoms with Crippen molar-refractivity contribution in [2.75, 3.05) is 26.3 Å². The van der Waals surface area contributed by atoms with Gasteiger partial charge in [-0.3, -0.25) is 9.59 Å². The normalized spacial score (nSPS) is 10.2. The lowest BCUT2D eigenvalue weighted by atomic mass is 10.1. The molecule has 0 aliphatic heterocycles. The molecular formula is C21H25BrN2O4. The summed E-state index contributed by atoms with van der Waals surface area (Å²) in [5, 5.41) is 5.59. The lowest BCUT2D eigenvalue weighted by Crippen LogP contribution is -2.35. The van der Waals surface area contributed by atoms with Gasteiger partial charge in [0.25, 0.3) is 5.91 Å². The maximum absolute atomic E-state index is 12.2. The van der Waals surface area contributed by atoms with E-state index in [1.54, 1.807) is 12.1 Å². The smallest absolute Gasteiger partial charge is 0.251 e. The van der Waals surface area contributed by atoms with Gasteiger partial charge >= 0.3 is 0 Å². The van der Waals surface area contributed by atoms with Crippen LogP contribution < -0.4 is 20.1 Å². The predicted octanol–water partition coefficient (Wildman–Crippen LogP) is 3.34. The summed E-state index contributed by atoms with van der Waals surface area (Å²) in [5.41, 5.74) is 1.40. The van der Waals surface area contributed by atoms with Crippen molar-refractivity contribution >= 4 is 27.7 Å². The second kappa shape index (κ2) is 11.3. The van der Waals surface area contributed by atoms with Crippen molar-refractivity contribution in [3.05, 3.63) is 58.1 Å². The Balaban J connectivity index is 1.85. The zero-order chi connectivity index (χ0) is 20.4. The van der Waals surface area contributed by atoms with Gasteiger partial charge in [0, 0.05) is 23.1 Å². The number of halogens is 1. The fourth-order valence-electron chi connectivity index (χ4n) is 2.55. The van der Waals surface area contributed by atoms with Crippen molar-refractivity contribution in [2.45, 2.75) is 20.3 Å². The highest BCUT2D eigenvalue weighted by Gasteiger charge is 2.13. The molecule has 7 heteroatoms. The molecule has 0 heterocycles. The standard InChI is InChI=1S/C21H25BrN2O4/c1-3-27-18-12-16(17(22)14-19(18)28-4-2)13-20(25)23-10-11-24-21(26)15-8-6-5-7-9-15/h5-9,12,14H,3-4,10-11,13H2,1-2H3,(H,23,25)(H,24,26). The molecule has 0 bridgehead atoms. The average molecular weight is 449 g/mol. The van der Waals surface area contributed by atoms with Crippen LogP contribution in [0.1, 0.15) is 29.8 Å². The average Bonchev–Trinajstić information content (AvgIpc) is 2.69. The number of benzene rings is 2. The highest BCUT2D eigenvalue weighted by Crippen LogP contribution is 2.34. The Labute approximate surface area is 173 Å². The summed E-state index contributed by atoms with van der Waals surface area (Å²) in [6.45, 7) is 5.55. The molecule has 2 N–H and O–H groups in total. The minimum atomic E-state index is -0.162. The number of carbonyl (C=O) groups is 2. The van der Waals surface area contributed by atoms with Crippen LogP contribution in [0.25, 0.3) is 0 Å². The Morgan fingerprint density at radius 1 is 0.929 bits per heavy atom. The van der Waals surface area contributed by atoms with E-state index in [9.17, 15) is 9.59 Å². The van der Waals surface area contributed by atoms with Crippen LogP contribution in [0.4, 0.5) is 0 Å². The predicted molar refractivity (Wildman–Crippen MR) is 112 cm³/mol. The largest absolute Gasteiger partial charge is 0.490 e. The molecule has 0 unspecified atom stereocenters. The summed E-state index contributed by atoms with van der Waals surface area (Å²) in [6, 6.07) is 12.6. The molecule has 2 amide bonds. The van der Waals surface area contributed by atoms with Crippen LogP contribution in [0.3, 0.4) is 0 Å². The summed E-state index contributed by atoms with van der Waals surface area (Å²) in [7, 11) is 0. The molecule has 150 valence electrons. The third kappa shape index (κ3) is 6.56. The minimum Gasteiger partial charge on any atom is -0.490 e. The fourth-order valence-corrected chi connectivity index (χ4v) is 3.02. The van der Waals surface area contributed by atoms with E-state index in [4.69, 9.17) is 9.47 Å². The molecule has 0 spiro atoms. The van der Waals surface area contributed by atoms with E-state index >= 15 is 0 Å². The molecule has 0 radical (unpaired) electrons. The molecule has 0 saturated heterocycles. The van der Waals surface area contributed by atoms with E-state index in [2.05, 4.69) is 26.6 Å². The maximum atomic E-state index is 12.2. The molecule has 0 aromatic heterocycles. The highest BCUT2D eigenvalue weighted by molar-refractivity contribution is 9.10. The Hall–Kier alpha value is -2.54. The van der Waals surface area contributed by atoms with Crippen molar-refractivity contribution in [1.82, 2.24) is 10.6 Å². The van der Waals surface area contributed by atoms with Crippen molar-refractivity contribution in [3.63, 3.8) is 0 Å². The second-order valence-electron chi connectivity index (χ2n) is 5.91. The number of rotatable bonds is 10. The summed E-state index contributed by atoms with van der Waals surface area (Å²) in [5.74, 6) is 0.959. The number of nitrogens with one attached hydrogen (secondary N) is 2. The third-order valence-corrected chi connectivity index (χ3v) is 4.57. The van der Waals surface area contributed by atoms with E-state index in [1.807, 2.05) is 44.2 Å². The molecule has 0 aliphatic rings. The van der Waals surface area contributed by atoms with E-state index in [1.165, 1.54) is 0 Å². The van der Waals surface area contributed by atoms with Gasteiger partial charge < -0.3 is 20.1 Å². The summed E-state index contributed by atoms with van der Waals surface area (Å²) < 4.78 is 12.0. The topological polar surface area (TPSA) is 76.7 Å². The lowest BCUT2D eigenvalue weighted by molar-refractivity contribution is -0.120. The first-order valence-corrected chi connectivity index (χ1v) is 10.0. The Morgan fingerprint density at radius 3 is 2.18 bits per heavy atom. The van der Waals surface area contributed by atoms with Crippen LogP contribution in [0.5, 0.6) is 11.5 Å². The maximum Gasteiger partial charge on any atom is 0.251 e. The van der Waals surface area contributed by atoms with Gasteiger partial charge in [-0.1, -0.05) is 34.1 Å². The molecule has 2 aromatic carbocycles. The van der Waals surface area contributed by atoms with E-state index < -0.39 is 0 Å². The molecule has 28 heavy (non-hydrogen) atoms. The quantitative estimate of drug-likeness (QED) is 0.546. The molecule has 2 rings (SSSR count). The van der Waals surface area contributed by atoms with Crippen LogP contribution in [-0.4, -0.2) is 38.1 Å². The van der Waals surface area contributed by atoms with Crippen molar-refractivity contribution < 1.29 is 19.1 Å². The number of hydrogen-bond acceptors (Lipinski definition) is 4. The third-order valence-electron chi connectivity index (χ3n) is 3.83. The van der Waals surface area contributed by atoms with Crippen LogP contribution in [0.2, 0.25) is 0 Å². The van der Waals surface area contributed by atoms with E-state index in [0.717, 1.165) is 10.0 Å².